The second-order valence-corrected chi connectivity index (χ2v) is 12.6. The fourth-order valence-corrected chi connectivity index (χ4v) is 6.31. The highest BCUT2D eigenvalue weighted by atomic mass is 35.5. The van der Waals surface area contributed by atoms with Crippen molar-refractivity contribution in [2.24, 2.45) is 0 Å². The van der Waals surface area contributed by atoms with Gasteiger partial charge in [0.15, 0.2) is 9.84 Å². The van der Waals surface area contributed by atoms with Crippen LogP contribution in [0.25, 0.3) is 0 Å². The minimum absolute atomic E-state index is 0.0284. The first-order chi connectivity index (χ1) is 16.9. The Morgan fingerprint density at radius 3 is 1.72 bits per heavy atom. The Morgan fingerprint density at radius 2 is 1.31 bits per heavy atom. The number of ether oxygens (including phenoxy) is 2. The Labute approximate surface area is 217 Å². The Bertz CT molecular complexity index is 1340. The molecule has 0 heterocycles. The van der Waals surface area contributed by atoms with E-state index in [9.17, 15) is 21.9 Å². The van der Waals surface area contributed by atoms with Crippen LogP contribution >= 0.6 is 11.6 Å². The van der Waals surface area contributed by atoms with Crippen molar-refractivity contribution in [2.45, 2.75) is 24.1 Å². The molecule has 194 valence electrons. The molecule has 1 atom stereocenters. The molecule has 0 bridgehead atoms. The molecule has 8 nitrogen and oxygen atoms in total. The van der Waals surface area contributed by atoms with Crippen molar-refractivity contribution in [1.82, 2.24) is 4.31 Å². The largest absolute Gasteiger partial charge is 0.497 e. The summed E-state index contributed by atoms with van der Waals surface area (Å²) in [5.74, 6) is 0.549. The van der Waals surface area contributed by atoms with Crippen molar-refractivity contribution in [3.63, 3.8) is 0 Å². The van der Waals surface area contributed by atoms with Gasteiger partial charge >= 0.3 is 0 Å². The number of aliphatic hydroxyl groups is 1. The van der Waals surface area contributed by atoms with Crippen LogP contribution in [0.5, 0.6) is 11.5 Å². The molecular formula is C25H28ClNO7S2. The van der Waals surface area contributed by atoms with Gasteiger partial charge in [0, 0.05) is 29.9 Å². The number of hydrogen-bond acceptors (Lipinski definition) is 7. The maximum absolute atomic E-state index is 13.5. The predicted octanol–water partition coefficient (Wildman–Crippen LogP) is 3.83. The van der Waals surface area contributed by atoms with Gasteiger partial charge in [-0.1, -0.05) is 41.9 Å². The summed E-state index contributed by atoms with van der Waals surface area (Å²) in [6.45, 7) is 0.0647. The number of rotatable bonds is 11. The van der Waals surface area contributed by atoms with Crippen molar-refractivity contribution in [3.05, 3.63) is 88.4 Å². The molecule has 36 heavy (non-hydrogen) atoms. The third kappa shape index (κ3) is 7.21. The molecule has 3 aromatic carbocycles. The Hall–Kier alpha value is -2.63. The van der Waals surface area contributed by atoms with Gasteiger partial charge in [0.2, 0.25) is 10.0 Å². The molecule has 11 heteroatoms. The number of nitrogens with zero attached hydrogens (tertiary/aromatic N) is 1. The Morgan fingerprint density at radius 1 is 0.833 bits per heavy atom. The molecule has 0 saturated carbocycles. The normalized spacial score (nSPS) is 12.9. The Kier molecular flexibility index (Phi) is 9.02. The zero-order chi connectivity index (χ0) is 26.5. The first-order valence-electron chi connectivity index (χ1n) is 10.8. The average molecular weight is 554 g/mol. The smallest absolute Gasteiger partial charge is 0.217 e. The fraction of sp³-hybridized carbons (Fsp3) is 0.280. The summed E-state index contributed by atoms with van der Waals surface area (Å²) in [6.07, 6.45) is -0.616. The highest BCUT2D eigenvalue weighted by Crippen LogP contribution is 2.28. The summed E-state index contributed by atoms with van der Waals surface area (Å²) in [4.78, 5) is -0.213. The molecule has 0 unspecified atom stereocenters. The van der Waals surface area contributed by atoms with E-state index in [1.54, 1.807) is 62.8 Å². The number of benzene rings is 3. The number of sulfone groups is 1. The zero-order valence-electron chi connectivity index (χ0n) is 20.1. The summed E-state index contributed by atoms with van der Waals surface area (Å²) in [5.41, 5.74) is 1.40. The predicted molar refractivity (Wildman–Crippen MR) is 139 cm³/mol. The molecule has 0 amide bonds. The number of aliphatic hydroxyl groups excluding tert-OH is 1. The quantitative estimate of drug-likeness (QED) is 0.384. The zero-order valence-corrected chi connectivity index (χ0v) is 22.5. The maximum atomic E-state index is 13.5. The molecular weight excluding hydrogens is 526 g/mol. The molecule has 0 fully saturated rings. The van der Waals surface area contributed by atoms with E-state index in [2.05, 4.69) is 0 Å². The topological polar surface area (TPSA) is 110 Å². The third-order valence-electron chi connectivity index (χ3n) is 5.53. The molecule has 0 radical (unpaired) electrons. The SMILES string of the molecule is COc1ccc(CN(Cc2ccc(OC)cc2)S(=O)(=O)C[C@H](O)c2ccc(Cl)cc2S(C)(=O)=O)cc1. The second-order valence-electron chi connectivity index (χ2n) is 8.21. The van der Waals surface area contributed by atoms with Crippen molar-refractivity contribution in [3.8, 4) is 11.5 Å². The van der Waals surface area contributed by atoms with E-state index in [4.69, 9.17) is 21.1 Å². The van der Waals surface area contributed by atoms with Crippen molar-refractivity contribution < 1.29 is 31.4 Å². The van der Waals surface area contributed by atoms with Crippen LogP contribution in [0.3, 0.4) is 0 Å². The minimum Gasteiger partial charge on any atom is -0.497 e. The van der Waals surface area contributed by atoms with Crippen LogP contribution < -0.4 is 9.47 Å². The monoisotopic (exact) mass is 553 g/mol. The number of sulfonamides is 1. The van der Waals surface area contributed by atoms with Crippen LogP contribution in [0, 0.1) is 0 Å². The van der Waals surface area contributed by atoms with E-state index in [0.717, 1.165) is 6.26 Å². The molecule has 0 saturated heterocycles. The van der Waals surface area contributed by atoms with E-state index in [1.807, 2.05) is 0 Å². The van der Waals surface area contributed by atoms with E-state index in [-0.39, 0.29) is 28.6 Å². The van der Waals surface area contributed by atoms with E-state index < -0.39 is 31.7 Å². The first-order valence-corrected chi connectivity index (χ1v) is 14.7. The van der Waals surface area contributed by atoms with Crippen LogP contribution in [0.1, 0.15) is 22.8 Å². The van der Waals surface area contributed by atoms with Crippen LogP contribution in [-0.4, -0.2) is 52.5 Å². The van der Waals surface area contributed by atoms with Crippen LogP contribution in [-0.2, 0) is 33.0 Å². The summed E-state index contributed by atoms with van der Waals surface area (Å²) in [5, 5.41) is 11.0. The minimum atomic E-state index is -4.08. The molecule has 0 aliphatic rings. The summed E-state index contributed by atoms with van der Waals surface area (Å²) < 4.78 is 63.2. The summed E-state index contributed by atoms with van der Waals surface area (Å²) in [7, 11) is -4.76. The van der Waals surface area contributed by atoms with Crippen LogP contribution in [0.4, 0.5) is 0 Å². The first kappa shape index (κ1) is 27.9. The maximum Gasteiger partial charge on any atom is 0.217 e. The third-order valence-corrected chi connectivity index (χ3v) is 8.70. The molecule has 0 aromatic heterocycles. The number of methoxy groups -OCH3 is 2. The lowest BCUT2D eigenvalue weighted by Gasteiger charge is -2.25. The van der Waals surface area contributed by atoms with Crippen molar-refractivity contribution >= 4 is 31.5 Å². The van der Waals surface area contributed by atoms with Gasteiger partial charge in [0.25, 0.3) is 0 Å². The Balaban J connectivity index is 1.94. The van der Waals surface area contributed by atoms with E-state index >= 15 is 0 Å². The number of halogens is 1. The molecule has 3 rings (SSSR count). The lowest BCUT2D eigenvalue weighted by molar-refractivity contribution is 0.195. The molecule has 0 spiro atoms. The average Bonchev–Trinajstić information content (AvgIpc) is 2.83. The van der Waals surface area contributed by atoms with Gasteiger partial charge in [-0.2, -0.15) is 4.31 Å². The highest BCUT2D eigenvalue weighted by molar-refractivity contribution is 7.90. The van der Waals surface area contributed by atoms with Crippen molar-refractivity contribution in [1.29, 1.82) is 0 Å². The van der Waals surface area contributed by atoms with Gasteiger partial charge in [0.1, 0.15) is 11.5 Å². The lowest BCUT2D eigenvalue weighted by atomic mass is 10.1. The molecule has 0 aliphatic carbocycles. The van der Waals surface area contributed by atoms with Gasteiger partial charge in [-0.15, -0.1) is 0 Å². The van der Waals surface area contributed by atoms with Crippen LogP contribution in [0.2, 0.25) is 5.02 Å². The standard InChI is InChI=1S/C25H28ClNO7S2/c1-33-21-9-4-18(5-10-21)15-27(16-19-6-11-22(34-2)12-7-19)36(31,32)17-24(28)23-13-8-20(26)14-25(23)35(3,29)30/h4-14,24,28H,15-17H2,1-3H3/t24-/m0/s1. The summed E-state index contributed by atoms with van der Waals surface area (Å²) >= 11 is 5.94. The van der Waals surface area contributed by atoms with E-state index in [1.165, 1.54) is 22.5 Å². The van der Waals surface area contributed by atoms with Gasteiger partial charge in [0.05, 0.1) is 31.0 Å². The highest BCUT2D eigenvalue weighted by Gasteiger charge is 2.29. The van der Waals surface area contributed by atoms with Gasteiger partial charge in [-0.25, -0.2) is 16.8 Å². The second kappa shape index (κ2) is 11.6. The number of hydrogen-bond donors (Lipinski definition) is 1. The van der Waals surface area contributed by atoms with Gasteiger partial charge < -0.3 is 14.6 Å². The van der Waals surface area contributed by atoms with Crippen molar-refractivity contribution in [2.75, 3.05) is 26.2 Å². The molecule has 3 aromatic rings. The van der Waals surface area contributed by atoms with Crippen LogP contribution in [0.15, 0.2) is 71.6 Å². The molecule has 0 aliphatic heterocycles. The van der Waals surface area contributed by atoms with E-state index in [0.29, 0.717) is 22.6 Å². The fourth-order valence-electron chi connectivity index (χ4n) is 3.62. The van der Waals surface area contributed by atoms with Gasteiger partial charge in [-0.05, 0) is 47.5 Å². The summed E-state index contributed by atoms with van der Waals surface area (Å²) in [6, 6.07) is 17.9. The lowest BCUT2D eigenvalue weighted by Crippen LogP contribution is -2.34. The van der Waals surface area contributed by atoms with Gasteiger partial charge in [-0.3, -0.25) is 0 Å². The molecule has 1 N–H and O–H groups in total.